The molecule has 2 heterocycles. The highest BCUT2D eigenvalue weighted by Crippen LogP contribution is 2.31. The number of nitrogens with zero attached hydrogens (tertiary/aromatic N) is 3. The topological polar surface area (TPSA) is 101 Å². The maximum absolute atomic E-state index is 13.3. The van der Waals surface area contributed by atoms with E-state index >= 15 is 0 Å². The fourth-order valence-electron chi connectivity index (χ4n) is 3.92. The fraction of sp³-hybridized carbons (Fsp3) is 0.192. The number of rotatable bonds is 8. The fourth-order valence-corrected chi connectivity index (χ4v) is 3.92. The molecule has 0 saturated carbocycles. The number of ether oxygens (including phenoxy) is 3. The van der Waals surface area contributed by atoms with Gasteiger partial charge >= 0.3 is 0 Å². The largest absolute Gasteiger partial charge is 0.497 e. The van der Waals surface area contributed by atoms with Gasteiger partial charge in [0.15, 0.2) is 0 Å². The van der Waals surface area contributed by atoms with E-state index < -0.39 is 0 Å². The molecule has 0 aliphatic heterocycles. The molecule has 9 heteroatoms. The Kier molecular flexibility index (Phi) is 5.97. The van der Waals surface area contributed by atoms with E-state index in [9.17, 15) is 4.79 Å². The maximum Gasteiger partial charge on any atom is 0.204 e. The summed E-state index contributed by atoms with van der Waals surface area (Å²) in [6.45, 7) is 1.06. The second-order valence-electron chi connectivity index (χ2n) is 7.95. The summed E-state index contributed by atoms with van der Waals surface area (Å²) in [5, 5.41) is 12.6. The molecule has 35 heavy (non-hydrogen) atoms. The molecule has 0 amide bonds. The van der Waals surface area contributed by atoms with E-state index in [1.165, 1.54) is 7.11 Å². The number of hydrogen-bond donors (Lipinski definition) is 1. The molecule has 9 nitrogen and oxygen atoms in total. The molecule has 1 N–H and O–H groups in total. The number of anilines is 1. The summed E-state index contributed by atoms with van der Waals surface area (Å²) >= 11 is 0. The van der Waals surface area contributed by atoms with Gasteiger partial charge in [-0.1, -0.05) is 17.3 Å². The highest BCUT2D eigenvalue weighted by Gasteiger charge is 2.15. The molecule has 0 saturated heterocycles. The average Bonchev–Trinajstić information content (AvgIpc) is 3.34. The Morgan fingerprint density at radius 1 is 0.914 bits per heavy atom. The summed E-state index contributed by atoms with van der Waals surface area (Å²) < 4.78 is 23.7. The van der Waals surface area contributed by atoms with Gasteiger partial charge in [-0.25, -0.2) is 4.68 Å². The van der Waals surface area contributed by atoms with E-state index in [1.54, 1.807) is 43.2 Å². The molecule has 3 aromatic carbocycles. The third kappa shape index (κ3) is 4.48. The van der Waals surface area contributed by atoms with Crippen molar-refractivity contribution in [3.05, 3.63) is 82.3 Å². The Hall–Kier alpha value is -4.53. The van der Waals surface area contributed by atoms with Crippen LogP contribution in [0.15, 0.2) is 70.0 Å². The van der Waals surface area contributed by atoms with Crippen molar-refractivity contribution in [3.63, 3.8) is 0 Å². The van der Waals surface area contributed by atoms with Crippen LogP contribution in [0.3, 0.4) is 0 Å². The summed E-state index contributed by atoms with van der Waals surface area (Å²) in [6, 6.07) is 16.6. The van der Waals surface area contributed by atoms with Crippen LogP contribution in [0, 0.1) is 0 Å². The standard InChI is InChI=1S/C26H24N4O5/c1-32-19-7-4-16(5-8-19)14-30-15-18(28-29-30)13-27-17-6-9-22-21(10-17)26(31)25-23(34-3)11-20(33-2)12-24(25)35-22/h4-12,15,27H,13-14H2,1-3H3. The lowest BCUT2D eigenvalue weighted by atomic mass is 10.1. The second-order valence-corrected chi connectivity index (χ2v) is 7.95. The first-order valence-electron chi connectivity index (χ1n) is 11.0. The highest BCUT2D eigenvalue weighted by molar-refractivity contribution is 5.95. The summed E-state index contributed by atoms with van der Waals surface area (Å²) in [6.07, 6.45) is 1.89. The molecular weight excluding hydrogens is 448 g/mol. The molecule has 0 atom stereocenters. The minimum atomic E-state index is -0.171. The predicted molar refractivity (Wildman–Crippen MR) is 133 cm³/mol. The lowest BCUT2D eigenvalue weighted by Gasteiger charge is -2.10. The van der Waals surface area contributed by atoms with Crippen molar-refractivity contribution in [2.24, 2.45) is 0 Å². The van der Waals surface area contributed by atoms with Gasteiger partial charge in [-0.2, -0.15) is 0 Å². The van der Waals surface area contributed by atoms with Crippen LogP contribution in [0.4, 0.5) is 5.69 Å². The molecule has 0 fully saturated rings. The molecule has 0 unspecified atom stereocenters. The first kappa shape index (κ1) is 22.3. The van der Waals surface area contributed by atoms with E-state index in [0.717, 1.165) is 22.7 Å². The van der Waals surface area contributed by atoms with Gasteiger partial charge in [-0.3, -0.25) is 4.79 Å². The average molecular weight is 473 g/mol. The summed E-state index contributed by atoms with van der Waals surface area (Å²) in [5.74, 6) is 1.77. The van der Waals surface area contributed by atoms with E-state index in [-0.39, 0.29) is 5.43 Å². The van der Waals surface area contributed by atoms with E-state index in [2.05, 4.69) is 15.6 Å². The SMILES string of the molecule is COc1ccc(Cn2cc(CNc3ccc4oc5cc(OC)cc(OC)c5c(=O)c4c3)nn2)cc1. The van der Waals surface area contributed by atoms with Crippen molar-refractivity contribution in [2.45, 2.75) is 13.1 Å². The molecule has 0 aliphatic rings. The predicted octanol–water partition coefficient (Wildman–Crippen LogP) is 4.22. The van der Waals surface area contributed by atoms with E-state index in [4.69, 9.17) is 18.6 Å². The number of methoxy groups -OCH3 is 3. The molecule has 5 aromatic rings. The Balaban J connectivity index is 1.35. The van der Waals surface area contributed by atoms with Crippen LogP contribution in [-0.4, -0.2) is 36.3 Å². The van der Waals surface area contributed by atoms with Gasteiger partial charge in [-0.15, -0.1) is 5.10 Å². The van der Waals surface area contributed by atoms with E-state index in [0.29, 0.717) is 46.5 Å². The summed E-state index contributed by atoms with van der Waals surface area (Å²) in [4.78, 5) is 13.3. The van der Waals surface area contributed by atoms with Gasteiger partial charge in [0, 0.05) is 17.8 Å². The van der Waals surface area contributed by atoms with Crippen molar-refractivity contribution >= 4 is 27.6 Å². The van der Waals surface area contributed by atoms with Crippen LogP contribution in [0.1, 0.15) is 11.3 Å². The number of hydrogen-bond acceptors (Lipinski definition) is 8. The molecule has 2 aromatic heterocycles. The van der Waals surface area contributed by atoms with Gasteiger partial charge in [-0.05, 0) is 35.9 Å². The van der Waals surface area contributed by atoms with Crippen LogP contribution in [0.25, 0.3) is 21.9 Å². The zero-order chi connectivity index (χ0) is 24.4. The second kappa shape index (κ2) is 9.38. The normalized spacial score (nSPS) is 11.1. The molecule has 0 bridgehead atoms. The zero-order valence-electron chi connectivity index (χ0n) is 19.6. The van der Waals surface area contributed by atoms with Crippen LogP contribution >= 0.6 is 0 Å². The number of aromatic nitrogens is 3. The number of fused-ring (bicyclic) bond motifs is 2. The van der Waals surface area contributed by atoms with Gasteiger partial charge in [0.2, 0.25) is 5.43 Å². The Bertz CT molecular complexity index is 1560. The third-order valence-electron chi connectivity index (χ3n) is 5.73. The van der Waals surface area contributed by atoms with Crippen molar-refractivity contribution in [1.82, 2.24) is 15.0 Å². The molecule has 0 spiro atoms. The molecule has 0 aliphatic carbocycles. The van der Waals surface area contributed by atoms with Gasteiger partial charge in [0.1, 0.15) is 39.5 Å². The van der Waals surface area contributed by atoms with Crippen molar-refractivity contribution < 1.29 is 18.6 Å². The van der Waals surface area contributed by atoms with Crippen molar-refractivity contribution in [3.8, 4) is 17.2 Å². The molecular formula is C26H24N4O5. The summed E-state index contributed by atoms with van der Waals surface area (Å²) in [5.41, 5.74) is 3.35. The first-order chi connectivity index (χ1) is 17.1. The van der Waals surface area contributed by atoms with Crippen LogP contribution < -0.4 is 25.0 Å². The smallest absolute Gasteiger partial charge is 0.204 e. The van der Waals surface area contributed by atoms with Crippen molar-refractivity contribution in [2.75, 3.05) is 26.6 Å². The lowest BCUT2D eigenvalue weighted by Crippen LogP contribution is -2.06. The maximum atomic E-state index is 13.3. The number of benzene rings is 3. The Labute approximate surface area is 200 Å². The van der Waals surface area contributed by atoms with Crippen LogP contribution in [0.2, 0.25) is 0 Å². The Morgan fingerprint density at radius 2 is 1.71 bits per heavy atom. The summed E-state index contributed by atoms with van der Waals surface area (Å²) in [7, 11) is 4.71. The van der Waals surface area contributed by atoms with Gasteiger partial charge < -0.3 is 23.9 Å². The monoisotopic (exact) mass is 472 g/mol. The third-order valence-corrected chi connectivity index (χ3v) is 5.73. The minimum Gasteiger partial charge on any atom is -0.497 e. The molecule has 178 valence electrons. The lowest BCUT2D eigenvalue weighted by molar-refractivity contribution is 0.396. The quantitative estimate of drug-likeness (QED) is 0.335. The Morgan fingerprint density at radius 3 is 2.46 bits per heavy atom. The highest BCUT2D eigenvalue weighted by atomic mass is 16.5. The first-order valence-corrected chi connectivity index (χ1v) is 11.0. The number of nitrogens with one attached hydrogen (secondary N) is 1. The van der Waals surface area contributed by atoms with Crippen LogP contribution in [-0.2, 0) is 13.1 Å². The van der Waals surface area contributed by atoms with Crippen LogP contribution in [0.5, 0.6) is 17.2 Å². The molecule has 5 rings (SSSR count). The minimum absolute atomic E-state index is 0.171. The van der Waals surface area contributed by atoms with Crippen molar-refractivity contribution in [1.29, 1.82) is 0 Å². The van der Waals surface area contributed by atoms with Gasteiger partial charge in [0.05, 0.1) is 46.0 Å². The molecule has 0 radical (unpaired) electrons. The zero-order valence-corrected chi connectivity index (χ0v) is 19.6. The van der Waals surface area contributed by atoms with Gasteiger partial charge in [0.25, 0.3) is 0 Å². The van der Waals surface area contributed by atoms with E-state index in [1.807, 2.05) is 36.5 Å².